The minimum Gasteiger partial charge on any atom is -0.334 e. The van der Waals surface area contributed by atoms with E-state index < -0.39 is 32.5 Å². The molecule has 1 fully saturated rings. The Morgan fingerprint density at radius 2 is 1.97 bits per heavy atom. The standard InChI is InChI=1S/C20H25ClN4O3S/c1-13-4-9-17(22)19(18(13)21)29(27,28)16-7-5-15(6-8-16)25-20(26)24-12-14-3-2-10-23-11-14/h2-3,5-8,10-11,13,17-19H,4,9,12,22H2,1H3,(H2,24,25,26). The summed E-state index contributed by atoms with van der Waals surface area (Å²) in [6, 6.07) is 8.81. The molecule has 4 unspecified atom stereocenters. The Kier molecular flexibility index (Phi) is 6.77. The van der Waals surface area contributed by atoms with E-state index in [1.807, 2.05) is 13.0 Å². The third kappa shape index (κ3) is 5.07. The average molecular weight is 437 g/mol. The van der Waals surface area contributed by atoms with Gasteiger partial charge in [0.1, 0.15) is 0 Å². The molecule has 1 aliphatic rings. The van der Waals surface area contributed by atoms with Crippen LogP contribution in [0.25, 0.3) is 0 Å². The second-order valence-electron chi connectivity index (χ2n) is 7.37. The summed E-state index contributed by atoms with van der Waals surface area (Å²) in [6.07, 6.45) is 4.77. The number of urea groups is 1. The van der Waals surface area contributed by atoms with Gasteiger partial charge in [-0.15, -0.1) is 11.6 Å². The highest BCUT2D eigenvalue weighted by molar-refractivity contribution is 7.92. The third-order valence-electron chi connectivity index (χ3n) is 5.21. The zero-order chi connectivity index (χ0) is 21.0. The maximum Gasteiger partial charge on any atom is 0.319 e. The monoisotopic (exact) mass is 436 g/mol. The topological polar surface area (TPSA) is 114 Å². The lowest BCUT2D eigenvalue weighted by Gasteiger charge is -2.36. The summed E-state index contributed by atoms with van der Waals surface area (Å²) in [6.45, 7) is 2.28. The van der Waals surface area contributed by atoms with Crippen molar-refractivity contribution in [2.75, 3.05) is 5.32 Å². The van der Waals surface area contributed by atoms with Gasteiger partial charge < -0.3 is 16.4 Å². The number of benzene rings is 1. The Labute approximate surface area is 176 Å². The highest BCUT2D eigenvalue weighted by Gasteiger charge is 2.43. The number of aromatic nitrogens is 1. The first-order valence-corrected chi connectivity index (χ1v) is 11.4. The first-order chi connectivity index (χ1) is 13.8. The number of alkyl halides is 1. The Bertz CT molecular complexity index is 938. The van der Waals surface area contributed by atoms with Crippen LogP contribution in [0.5, 0.6) is 0 Å². The van der Waals surface area contributed by atoms with E-state index in [0.29, 0.717) is 18.7 Å². The van der Waals surface area contributed by atoms with Crippen molar-refractivity contribution in [1.29, 1.82) is 0 Å². The average Bonchev–Trinajstić information content (AvgIpc) is 2.70. The Morgan fingerprint density at radius 3 is 2.62 bits per heavy atom. The predicted octanol–water partition coefficient (Wildman–Crippen LogP) is 2.91. The maximum atomic E-state index is 13.1. The molecule has 1 aliphatic carbocycles. The number of sulfone groups is 1. The quantitative estimate of drug-likeness (QED) is 0.623. The fraction of sp³-hybridized carbons (Fsp3) is 0.400. The number of nitrogens with one attached hydrogen (secondary N) is 2. The van der Waals surface area contributed by atoms with Crippen LogP contribution in [0.3, 0.4) is 0 Å². The van der Waals surface area contributed by atoms with E-state index in [1.165, 1.54) is 12.1 Å². The normalized spacial score (nSPS) is 24.7. The van der Waals surface area contributed by atoms with Gasteiger partial charge in [0.2, 0.25) is 0 Å². The van der Waals surface area contributed by atoms with Gasteiger partial charge in [0.25, 0.3) is 0 Å². The van der Waals surface area contributed by atoms with Gasteiger partial charge in [0, 0.05) is 30.7 Å². The van der Waals surface area contributed by atoms with Crippen LogP contribution in [-0.2, 0) is 16.4 Å². The molecule has 3 rings (SSSR count). The first-order valence-electron chi connectivity index (χ1n) is 9.46. The first kappa shape index (κ1) is 21.5. The van der Waals surface area contributed by atoms with Gasteiger partial charge in [-0.3, -0.25) is 4.98 Å². The van der Waals surface area contributed by atoms with E-state index in [1.54, 1.807) is 30.6 Å². The second-order valence-corrected chi connectivity index (χ2v) is 9.98. The van der Waals surface area contributed by atoms with Crippen molar-refractivity contribution in [2.45, 2.75) is 47.9 Å². The van der Waals surface area contributed by atoms with E-state index in [2.05, 4.69) is 15.6 Å². The SMILES string of the molecule is CC1CCC(N)C(S(=O)(=O)c2ccc(NC(=O)NCc3cccnc3)cc2)C1Cl. The van der Waals surface area contributed by atoms with E-state index in [4.69, 9.17) is 17.3 Å². The smallest absolute Gasteiger partial charge is 0.319 e. The molecule has 4 atom stereocenters. The van der Waals surface area contributed by atoms with Crippen LogP contribution >= 0.6 is 11.6 Å². The molecule has 156 valence electrons. The second kappa shape index (κ2) is 9.11. The van der Waals surface area contributed by atoms with Crippen molar-refractivity contribution in [3.63, 3.8) is 0 Å². The summed E-state index contributed by atoms with van der Waals surface area (Å²) in [5.41, 5.74) is 7.45. The minimum atomic E-state index is -3.68. The summed E-state index contributed by atoms with van der Waals surface area (Å²) < 4.78 is 26.2. The Morgan fingerprint density at radius 1 is 1.24 bits per heavy atom. The fourth-order valence-corrected chi connectivity index (χ4v) is 6.24. The summed E-state index contributed by atoms with van der Waals surface area (Å²) in [4.78, 5) is 16.2. The molecule has 1 heterocycles. The van der Waals surface area contributed by atoms with Crippen molar-refractivity contribution < 1.29 is 13.2 Å². The predicted molar refractivity (Wildman–Crippen MR) is 114 cm³/mol. The van der Waals surface area contributed by atoms with Crippen molar-refractivity contribution in [1.82, 2.24) is 10.3 Å². The number of hydrogen-bond acceptors (Lipinski definition) is 5. The van der Waals surface area contributed by atoms with Crippen LogP contribution < -0.4 is 16.4 Å². The lowest BCUT2D eigenvalue weighted by atomic mass is 9.87. The molecule has 0 radical (unpaired) electrons. The van der Waals surface area contributed by atoms with Gasteiger partial charge in [0.15, 0.2) is 9.84 Å². The zero-order valence-electron chi connectivity index (χ0n) is 16.1. The molecule has 0 bridgehead atoms. The highest BCUT2D eigenvalue weighted by Crippen LogP contribution is 2.35. The van der Waals surface area contributed by atoms with Crippen LogP contribution in [0, 0.1) is 5.92 Å². The molecule has 29 heavy (non-hydrogen) atoms. The molecule has 4 N–H and O–H groups in total. The van der Waals surface area contributed by atoms with Gasteiger partial charge in [-0.05, 0) is 54.7 Å². The molecule has 7 nitrogen and oxygen atoms in total. The molecule has 0 aliphatic heterocycles. The Hall–Kier alpha value is -2.16. The van der Waals surface area contributed by atoms with Crippen molar-refractivity contribution in [3.8, 4) is 0 Å². The summed E-state index contributed by atoms with van der Waals surface area (Å²) in [5, 5.41) is 4.04. The molecular weight excluding hydrogens is 412 g/mol. The molecule has 1 aromatic heterocycles. The van der Waals surface area contributed by atoms with Gasteiger partial charge >= 0.3 is 6.03 Å². The number of anilines is 1. The molecule has 9 heteroatoms. The molecule has 0 spiro atoms. The highest BCUT2D eigenvalue weighted by atomic mass is 35.5. The number of nitrogens with two attached hydrogens (primary N) is 1. The summed E-state index contributed by atoms with van der Waals surface area (Å²) in [7, 11) is -3.68. The fourth-order valence-electron chi connectivity index (χ4n) is 3.49. The van der Waals surface area contributed by atoms with E-state index in [-0.39, 0.29) is 10.8 Å². The molecule has 0 saturated heterocycles. The lowest BCUT2D eigenvalue weighted by molar-refractivity contribution is 0.251. The van der Waals surface area contributed by atoms with Crippen molar-refractivity contribution in [2.24, 2.45) is 11.7 Å². The Balaban J connectivity index is 1.65. The van der Waals surface area contributed by atoms with Gasteiger partial charge in [-0.25, -0.2) is 13.2 Å². The minimum absolute atomic E-state index is 0.0840. The number of pyridine rings is 1. The van der Waals surface area contributed by atoms with Gasteiger partial charge in [0.05, 0.1) is 15.5 Å². The molecular formula is C20H25ClN4O3S. The number of carbonyl (C=O) groups is 1. The number of carbonyl (C=O) groups excluding carboxylic acids is 1. The summed E-state index contributed by atoms with van der Waals surface area (Å²) in [5.74, 6) is 0.0840. The van der Waals surface area contributed by atoms with Crippen LogP contribution in [-0.4, -0.2) is 36.1 Å². The number of nitrogens with zero attached hydrogens (tertiary/aromatic N) is 1. The zero-order valence-corrected chi connectivity index (χ0v) is 17.7. The van der Waals surface area contributed by atoms with E-state index in [0.717, 1.165) is 12.0 Å². The molecule has 1 aromatic carbocycles. The van der Waals surface area contributed by atoms with E-state index >= 15 is 0 Å². The molecule has 2 aromatic rings. The van der Waals surface area contributed by atoms with Crippen molar-refractivity contribution in [3.05, 3.63) is 54.4 Å². The summed E-state index contributed by atoms with van der Waals surface area (Å²) >= 11 is 6.42. The van der Waals surface area contributed by atoms with Crippen molar-refractivity contribution >= 4 is 33.2 Å². The van der Waals surface area contributed by atoms with Crippen LogP contribution in [0.4, 0.5) is 10.5 Å². The molecule has 2 amide bonds. The van der Waals surface area contributed by atoms with Crippen LogP contribution in [0.15, 0.2) is 53.7 Å². The largest absolute Gasteiger partial charge is 0.334 e. The van der Waals surface area contributed by atoms with E-state index in [9.17, 15) is 13.2 Å². The number of halogens is 1. The van der Waals surface area contributed by atoms with Gasteiger partial charge in [-0.2, -0.15) is 0 Å². The number of amides is 2. The number of hydrogen-bond donors (Lipinski definition) is 3. The number of rotatable bonds is 5. The lowest BCUT2D eigenvalue weighted by Crippen LogP contribution is -2.51. The third-order valence-corrected chi connectivity index (χ3v) is 8.35. The maximum absolute atomic E-state index is 13.1. The van der Waals surface area contributed by atoms with Crippen LogP contribution in [0.1, 0.15) is 25.3 Å². The van der Waals surface area contributed by atoms with Gasteiger partial charge in [-0.1, -0.05) is 13.0 Å². The van der Waals surface area contributed by atoms with Crippen LogP contribution in [0.2, 0.25) is 0 Å². The molecule has 1 saturated carbocycles.